The van der Waals surface area contributed by atoms with E-state index in [0.717, 1.165) is 32.6 Å². The predicted molar refractivity (Wildman–Crippen MR) is 118 cm³/mol. The van der Waals surface area contributed by atoms with E-state index in [4.69, 9.17) is 5.73 Å². The summed E-state index contributed by atoms with van der Waals surface area (Å²) in [5.41, 5.74) is 8.87. The number of carbonyl (C=O) groups excluding carboxylic acids is 1. The van der Waals surface area contributed by atoms with Gasteiger partial charge in [0.1, 0.15) is 0 Å². The first-order valence-corrected chi connectivity index (χ1v) is 10.9. The van der Waals surface area contributed by atoms with Crippen molar-refractivity contribution in [1.29, 1.82) is 0 Å². The molecule has 2 aliphatic heterocycles. The molecular weight excluding hydrogens is 358 g/mol. The Morgan fingerprint density at radius 1 is 1.10 bits per heavy atom. The highest BCUT2D eigenvalue weighted by Crippen LogP contribution is 2.40. The van der Waals surface area contributed by atoms with E-state index < -0.39 is 0 Å². The van der Waals surface area contributed by atoms with Gasteiger partial charge in [0.05, 0.1) is 0 Å². The summed E-state index contributed by atoms with van der Waals surface area (Å²) in [6.45, 7) is 10.3. The number of carbonyl (C=O) groups is 1. The van der Waals surface area contributed by atoms with Gasteiger partial charge in [0, 0.05) is 37.8 Å². The average Bonchev–Trinajstić information content (AvgIpc) is 3.19. The summed E-state index contributed by atoms with van der Waals surface area (Å²) in [6.07, 6.45) is 2.37. The van der Waals surface area contributed by atoms with Crippen LogP contribution in [-0.4, -0.2) is 47.9 Å². The minimum Gasteiger partial charge on any atom is -0.366 e. The second-order valence-electron chi connectivity index (χ2n) is 9.17. The Hall–Kier alpha value is -2.17. The molecule has 2 aromatic carbocycles. The Morgan fingerprint density at radius 2 is 1.90 bits per heavy atom. The summed E-state index contributed by atoms with van der Waals surface area (Å²) >= 11 is 0. The summed E-state index contributed by atoms with van der Waals surface area (Å²) in [6, 6.07) is 19.4. The zero-order valence-corrected chi connectivity index (χ0v) is 17.7. The molecule has 3 atom stereocenters. The van der Waals surface area contributed by atoms with Gasteiger partial charge in [-0.25, -0.2) is 0 Å². The van der Waals surface area contributed by atoms with Crippen molar-refractivity contribution in [1.82, 2.24) is 9.80 Å². The lowest BCUT2D eigenvalue weighted by Crippen LogP contribution is -2.51. The van der Waals surface area contributed by atoms with Crippen LogP contribution in [0.15, 0.2) is 54.6 Å². The first-order valence-electron chi connectivity index (χ1n) is 10.9. The van der Waals surface area contributed by atoms with Crippen LogP contribution in [0.4, 0.5) is 0 Å². The van der Waals surface area contributed by atoms with Crippen LogP contribution in [0.25, 0.3) is 0 Å². The Kier molecular flexibility index (Phi) is 5.75. The Labute approximate surface area is 174 Å². The molecule has 0 bridgehead atoms. The Morgan fingerprint density at radius 3 is 2.62 bits per heavy atom. The number of primary amides is 1. The lowest BCUT2D eigenvalue weighted by molar-refractivity contribution is 0.0765. The standard InChI is InChI=1S/C25H33N3O/c1-19-16-28(23-11-13-27(18-23)17-20-7-4-3-5-8-20)14-12-25(19,2)22-10-6-9-21(15-22)24(26)29/h3-10,15,19,23H,11-14,16-18H2,1-2H3,(H2,26,29)/t19-,23?,25+/m0/s1. The molecule has 2 N–H and O–H groups in total. The summed E-state index contributed by atoms with van der Waals surface area (Å²) in [5, 5.41) is 0. The number of hydrogen-bond donors (Lipinski definition) is 1. The predicted octanol–water partition coefficient (Wildman–Crippen LogP) is 3.66. The Balaban J connectivity index is 1.39. The number of likely N-dealkylation sites (tertiary alicyclic amines) is 2. The third kappa shape index (κ3) is 4.24. The molecule has 29 heavy (non-hydrogen) atoms. The van der Waals surface area contributed by atoms with Crippen LogP contribution in [0.5, 0.6) is 0 Å². The second kappa shape index (κ2) is 8.29. The van der Waals surface area contributed by atoms with Crippen molar-refractivity contribution in [2.75, 3.05) is 26.2 Å². The normalized spacial score (nSPS) is 28.5. The SMILES string of the molecule is C[C@H]1CN(C2CCN(Cc3ccccc3)C2)CC[C@@]1(C)c1cccc(C(N)=O)c1. The molecule has 2 fully saturated rings. The monoisotopic (exact) mass is 391 g/mol. The fourth-order valence-corrected chi connectivity index (χ4v) is 5.15. The van der Waals surface area contributed by atoms with Crippen molar-refractivity contribution >= 4 is 5.91 Å². The molecule has 154 valence electrons. The number of amides is 1. The van der Waals surface area contributed by atoms with Crippen molar-refractivity contribution < 1.29 is 4.79 Å². The first kappa shape index (κ1) is 20.1. The van der Waals surface area contributed by atoms with Gasteiger partial charge < -0.3 is 5.73 Å². The van der Waals surface area contributed by atoms with Crippen LogP contribution in [0.2, 0.25) is 0 Å². The largest absolute Gasteiger partial charge is 0.366 e. The van der Waals surface area contributed by atoms with E-state index in [1.807, 2.05) is 18.2 Å². The maximum absolute atomic E-state index is 11.6. The van der Waals surface area contributed by atoms with E-state index in [0.29, 0.717) is 17.5 Å². The minimum absolute atomic E-state index is 0.0876. The molecule has 0 aromatic heterocycles. The maximum atomic E-state index is 11.6. The third-order valence-electron chi connectivity index (χ3n) is 7.33. The minimum atomic E-state index is -0.343. The summed E-state index contributed by atoms with van der Waals surface area (Å²) in [4.78, 5) is 16.9. The van der Waals surface area contributed by atoms with Crippen molar-refractivity contribution in [2.45, 2.75) is 44.7 Å². The van der Waals surface area contributed by atoms with Gasteiger partial charge in [-0.05, 0) is 54.0 Å². The van der Waals surface area contributed by atoms with Crippen LogP contribution in [0.3, 0.4) is 0 Å². The van der Waals surface area contributed by atoms with E-state index in [9.17, 15) is 4.79 Å². The van der Waals surface area contributed by atoms with E-state index in [-0.39, 0.29) is 11.3 Å². The molecule has 2 aromatic rings. The molecule has 4 rings (SSSR count). The highest BCUT2D eigenvalue weighted by atomic mass is 16.1. The number of hydrogen-bond acceptors (Lipinski definition) is 3. The van der Waals surface area contributed by atoms with Crippen LogP contribution in [-0.2, 0) is 12.0 Å². The molecule has 2 saturated heterocycles. The third-order valence-corrected chi connectivity index (χ3v) is 7.33. The quantitative estimate of drug-likeness (QED) is 0.846. The molecule has 4 heteroatoms. The number of nitrogens with zero attached hydrogens (tertiary/aromatic N) is 2. The van der Waals surface area contributed by atoms with Gasteiger partial charge in [0.25, 0.3) is 0 Å². The van der Waals surface area contributed by atoms with Gasteiger partial charge in [0.2, 0.25) is 5.91 Å². The highest BCUT2D eigenvalue weighted by molar-refractivity contribution is 5.92. The Bertz CT molecular complexity index is 852. The number of benzene rings is 2. The molecule has 0 aliphatic carbocycles. The first-order chi connectivity index (χ1) is 14.0. The summed E-state index contributed by atoms with van der Waals surface area (Å²) in [7, 11) is 0. The molecule has 1 unspecified atom stereocenters. The van der Waals surface area contributed by atoms with E-state index in [1.165, 1.54) is 24.1 Å². The van der Waals surface area contributed by atoms with Crippen LogP contribution in [0.1, 0.15) is 48.2 Å². The number of nitrogens with two attached hydrogens (primary N) is 1. The molecule has 0 spiro atoms. The lowest BCUT2D eigenvalue weighted by Gasteiger charge is -2.47. The average molecular weight is 392 g/mol. The van der Waals surface area contributed by atoms with E-state index >= 15 is 0 Å². The zero-order chi connectivity index (χ0) is 20.4. The molecule has 2 heterocycles. The molecule has 4 nitrogen and oxygen atoms in total. The van der Waals surface area contributed by atoms with Gasteiger partial charge in [-0.2, -0.15) is 0 Å². The van der Waals surface area contributed by atoms with Crippen molar-refractivity contribution in [3.05, 3.63) is 71.3 Å². The molecule has 0 saturated carbocycles. The summed E-state index contributed by atoms with van der Waals surface area (Å²) in [5.74, 6) is 0.188. The number of rotatable bonds is 5. The molecule has 1 amide bonds. The maximum Gasteiger partial charge on any atom is 0.248 e. The number of piperidine rings is 1. The topological polar surface area (TPSA) is 49.6 Å². The van der Waals surface area contributed by atoms with Crippen molar-refractivity contribution in [3.63, 3.8) is 0 Å². The fourth-order valence-electron chi connectivity index (χ4n) is 5.15. The van der Waals surface area contributed by atoms with E-state index in [2.05, 4.69) is 60.0 Å². The highest BCUT2D eigenvalue weighted by Gasteiger charge is 2.41. The van der Waals surface area contributed by atoms with Gasteiger partial charge in [-0.1, -0.05) is 56.3 Å². The van der Waals surface area contributed by atoms with Gasteiger partial charge >= 0.3 is 0 Å². The van der Waals surface area contributed by atoms with Crippen LogP contribution >= 0.6 is 0 Å². The zero-order valence-electron chi connectivity index (χ0n) is 17.7. The van der Waals surface area contributed by atoms with Crippen molar-refractivity contribution in [2.24, 2.45) is 11.7 Å². The fraction of sp³-hybridized carbons (Fsp3) is 0.480. The molecule has 2 aliphatic rings. The smallest absolute Gasteiger partial charge is 0.248 e. The molecular formula is C25H33N3O. The molecule has 0 radical (unpaired) electrons. The second-order valence-corrected chi connectivity index (χ2v) is 9.17. The van der Waals surface area contributed by atoms with Crippen molar-refractivity contribution in [3.8, 4) is 0 Å². The lowest BCUT2D eigenvalue weighted by atomic mass is 9.67. The van der Waals surface area contributed by atoms with Crippen LogP contribution in [0, 0.1) is 5.92 Å². The van der Waals surface area contributed by atoms with Gasteiger partial charge in [-0.15, -0.1) is 0 Å². The van der Waals surface area contributed by atoms with Crippen LogP contribution < -0.4 is 5.73 Å². The van der Waals surface area contributed by atoms with Gasteiger partial charge in [0.15, 0.2) is 0 Å². The van der Waals surface area contributed by atoms with E-state index in [1.54, 1.807) is 0 Å². The summed E-state index contributed by atoms with van der Waals surface area (Å²) < 4.78 is 0. The van der Waals surface area contributed by atoms with Gasteiger partial charge in [-0.3, -0.25) is 14.6 Å².